The molecule has 0 fully saturated rings. The molecule has 1 aliphatic heterocycles. The van der Waals surface area contributed by atoms with Gasteiger partial charge in [-0.2, -0.15) is 0 Å². The summed E-state index contributed by atoms with van der Waals surface area (Å²) in [5.74, 6) is 0.733. The summed E-state index contributed by atoms with van der Waals surface area (Å²) in [6.45, 7) is 1.24. The molecular formula is C16H16BrN3O3. The van der Waals surface area contributed by atoms with Gasteiger partial charge in [0, 0.05) is 16.6 Å². The molecule has 1 aromatic carbocycles. The lowest BCUT2D eigenvalue weighted by atomic mass is 10.1. The van der Waals surface area contributed by atoms with Crippen LogP contribution in [0.3, 0.4) is 0 Å². The second-order valence-electron chi connectivity index (χ2n) is 5.28. The first-order valence-corrected chi connectivity index (χ1v) is 8.14. The van der Waals surface area contributed by atoms with Gasteiger partial charge in [-0.3, -0.25) is 9.59 Å². The molecule has 0 aliphatic carbocycles. The zero-order chi connectivity index (χ0) is 16.2. The number of halogens is 1. The molecule has 0 saturated heterocycles. The topological polar surface area (TPSA) is 75.3 Å². The van der Waals surface area contributed by atoms with Crippen molar-refractivity contribution in [3.8, 4) is 5.75 Å². The Morgan fingerprint density at radius 3 is 3.13 bits per heavy atom. The number of nitrogens with one attached hydrogen (secondary N) is 1. The van der Waals surface area contributed by atoms with Gasteiger partial charge in [0.2, 0.25) is 5.91 Å². The quantitative estimate of drug-likeness (QED) is 0.882. The van der Waals surface area contributed by atoms with Crippen LogP contribution in [0.15, 0.2) is 39.9 Å². The molecule has 0 saturated carbocycles. The number of ether oxygens (including phenoxy) is 1. The molecule has 1 aromatic heterocycles. The highest BCUT2D eigenvalue weighted by Crippen LogP contribution is 2.18. The number of amides is 1. The van der Waals surface area contributed by atoms with Crippen molar-refractivity contribution >= 4 is 21.8 Å². The Hall–Kier alpha value is -2.15. The van der Waals surface area contributed by atoms with Gasteiger partial charge >= 0.3 is 0 Å². The second kappa shape index (κ2) is 6.95. The molecule has 3 rings (SSSR count). The van der Waals surface area contributed by atoms with Crippen LogP contribution in [0.5, 0.6) is 5.75 Å². The normalized spacial score (nSPS) is 13.5. The number of benzene rings is 1. The summed E-state index contributed by atoms with van der Waals surface area (Å²) < 4.78 is 6.52. The van der Waals surface area contributed by atoms with Gasteiger partial charge in [-0.15, -0.1) is 0 Å². The first-order valence-electron chi connectivity index (χ1n) is 7.35. The third-order valence-corrected chi connectivity index (χ3v) is 4.24. The summed E-state index contributed by atoms with van der Waals surface area (Å²) in [4.78, 5) is 32.4. The molecule has 0 atom stereocenters. The molecule has 0 spiro atoms. The van der Waals surface area contributed by atoms with E-state index in [1.165, 1.54) is 6.33 Å². The van der Waals surface area contributed by atoms with Gasteiger partial charge < -0.3 is 14.6 Å². The Morgan fingerprint density at radius 2 is 2.30 bits per heavy atom. The van der Waals surface area contributed by atoms with Crippen molar-refractivity contribution < 1.29 is 9.53 Å². The first kappa shape index (κ1) is 15.7. The maximum atomic E-state index is 12.3. The van der Waals surface area contributed by atoms with E-state index < -0.39 is 0 Å². The summed E-state index contributed by atoms with van der Waals surface area (Å²) in [6.07, 6.45) is 2.22. The summed E-state index contributed by atoms with van der Waals surface area (Å²) in [5, 5.41) is 0. The minimum Gasteiger partial charge on any atom is -0.493 e. The number of aromatic amines is 1. The molecule has 6 nitrogen and oxygen atoms in total. The van der Waals surface area contributed by atoms with E-state index >= 15 is 0 Å². The zero-order valence-corrected chi connectivity index (χ0v) is 14.0. The van der Waals surface area contributed by atoms with Gasteiger partial charge in [0.15, 0.2) is 0 Å². The minimum atomic E-state index is -0.111. The van der Waals surface area contributed by atoms with Gasteiger partial charge in [0.25, 0.3) is 5.56 Å². The number of carbonyl (C=O) groups is 1. The van der Waals surface area contributed by atoms with Crippen LogP contribution in [0.1, 0.15) is 17.7 Å². The van der Waals surface area contributed by atoms with Crippen LogP contribution in [0.2, 0.25) is 0 Å². The number of H-pyrrole nitrogens is 1. The van der Waals surface area contributed by atoms with E-state index in [1.807, 2.05) is 24.3 Å². The number of fused-ring (bicyclic) bond motifs is 1. The van der Waals surface area contributed by atoms with E-state index in [1.54, 1.807) is 4.90 Å². The fourth-order valence-corrected chi connectivity index (χ4v) is 2.93. The number of hydrogen-bond donors (Lipinski definition) is 1. The Bertz CT molecular complexity index is 775. The molecule has 0 unspecified atom stereocenters. The third-order valence-electron chi connectivity index (χ3n) is 3.74. The van der Waals surface area contributed by atoms with Crippen LogP contribution in [0, 0.1) is 0 Å². The average molecular weight is 378 g/mol. The molecule has 7 heteroatoms. The molecule has 2 heterocycles. The fourth-order valence-electron chi connectivity index (χ4n) is 2.55. The molecular weight excluding hydrogens is 362 g/mol. The van der Waals surface area contributed by atoms with E-state index in [0.29, 0.717) is 43.8 Å². The fraction of sp³-hybridized carbons (Fsp3) is 0.312. The van der Waals surface area contributed by atoms with Crippen LogP contribution in [-0.2, 0) is 17.8 Å². The predicted molar refractivity (Wildman–Crippen MR) is 88.2 cm³/mol. The predicted octanol–water partition coefficient (Wildman–Crippen LogP) is 1.89. The van der Waals surface area contributed by atoms with Crippen molar-refractivity contribution in [3.63, 3.8) is 0 Å². The Kier molecular flexibility index (Phi) is 4.76. The number of hydrogen-bond acceptors (Lipinski definition) is 4. The number of carbonyl (C=O) groups excluding carboxylic acids is 1. The van der Waals surface area contributed by atoms with E-state index in [2.05, 4.69) is 25.9 Å². The Morgan fingerprint density at radius 1 is 1.43 bits per heavy atom. The zero-order valence-electron chi connectivity index (χ0n) is 12.4. The van der Waals surface area contributed by atoms with Crippen molar-refractivity contribution in [2.75, 3.05) is 13.2 Å². The van der Waals surface area contributed by atoms with Crippen molar-refractivity contribution in [2.45, 2.75) is 19.4 Å². The lowest BCUT2D eigenvalue weighted by Crippen LogP contribution is -2.39. The summed E-state index contributed by atoms with van der Waals surface area (Å²) >= 11 is 3.38. The van der Waals surface area contributed by atoms with E-state index in [9.17, 15) is 9.59 Å². The number of aromatic nitrogens is 2. The first-order chi connectivity index (χ1) is 11.1. The van der Waals surface area contributed by atoms with Gasteiger partial charge in [-0.25, -0.2) is 4.98 Å². The van der Waals surface area contributed by atoms with Crippen molar-refractivity contribution in [3.05, 3.63) is 56.7 Å². The minimum absolute atomic E-state index is 0.00716. The van der Waals surface area contributed by atoms with Crippen LogP contribution in [0.25, 0.3) is 0 Å². The highest BCUT2D eigenvalue weighted by molar-refractivity contribution is 9.10. The van der Waals surface area contributed by atoms with Crippen LogP contribution in [0.4, 0.5) is 0 Å². The van der Waals surface area contributed by atoms with E-state index in [0.717, 1.165) is 10.2 Å². The Labute approximate surface area is 141 Å². The number of nitrogens with zero attached hydrogens (tertiary/aromatic N) is 2. The van der Waals surface area contributed by atoms with Crippen LogP contribution >= 0.6 is 15.9 Å². The van der Waals surface area contributed by atoms with Crippen molar-refractivity contribution in [1.82, 2.24) is 14.9 Å². The van der Waals surface area contributed by atoms with E-state index in [4.69, 9.17) is 4.74 Å². The average Bonchev–Trinajstić information content (AvgIpc) is 2.55. The number of rotatable bonds is 4. The second-order valence-corrected chi connectivity index (χ2v) is 6.19. The molecule has 1 N–H and O–H groups in total. The molecule has 0 radical (unpaired) electrons. The van der Waals surface area contributed by atoms with Crippen LogP contribution in [-0.4, -0.2) is 33.9 Å². The van der Waals surface area contributed by atoms with Gasteiger partial charge in [0.1, 0.15) is 5.75 Å². The lowest BCUT2D eigenvalue weighted by molar-refractivity contribution is -0.132. The van der Waals surface area contributed by atoms with Gasteiger partial charge in [-0.1, -0.05) is 22.0 Å². The standard InChI is InChI=1S/C16H16BrN3O3/c17-11-2-1-3-12(8-11)23-7-5-15(21)20-6-4-13-14(9-20)18-10-19-16(13)22/h1-3,8,10H,4-7,9H2,(H,18,19,22). The van der Waals surface area contributed by atoms with Crippen molar-refractivity contribution in [2.24, 2.45) is 0 Å². The van der Waals surface area contributed by atoms with E-state index in [-0.39, 0.29) is 11.5 Å². The molecule has 2 aromatic rings. The highest BCUT2D eigenvalue weighted by atomic mass is 79.9. The maximum Gasteiger partial charge on any atom is 0.254 e. The van der Waals surface area contributed by atoms with Crippen LogP contribution < -0.4 is 10.3 Å². The molecule has 1 aliphatic rings. The summed E-state index contributed by atoms with van der Waals surface area (Å²) in [7, 11) is 0. The SMILES string of the molecule is O=C(CCOc1cccc(Br)c1)N1CCc2c(nc[nH]c2=O)C1. The summed E-state index contributed by atoms with van der Waals surface area (Å²) in [6, 6.07) is 7.50. The maximum absolute atomic E-state index is 12.3. The molecule has 120 valence electrons. The molecule has 1 amide bonds. The largest absolute Gasteiger partial charge is 0.493 e. The molecule has 23 heavy (non-hydrogen) atoms. The molecule has 0 bridgehead atoms. The van der Waals surface area contributed by atoms with Gasteiger partial charge in [-0.05, 0) is 24.6 Å². The summed E-state index contributed by atoms with van der Waals surface area (Å²) in [5.41, 5.74) is 1.25. The lowest BCUT2D eigenvalue weighted by Gasteiger charge is -2.27. The van der Waals surface area contributed by atoms with Crippen molar-refractivity contribution in [1.29, 1.82) is 0 Å². The monoisotopic (exact) mass is 377 g/mol. The highest BCUT2D eigenvalue weighted by Gasteiger charge is 2.23. The Balaban J connectivity index is 1.54. The smallest absolute Gasteiger partial charge is 0.254 e. The van der Waals surface area contributed by atoms with Gasteiger partial charge in [0.05, 0.1) is 31.6 Å². The third kappa shape index (κ3) is 3.79.